The van der Waals surface area contributed by atoms with Gasteiger partial charge in [-0.25, -0.2) is 0 Å². The fourth-order valence-corrected chi connectivity index (χ4v) is 3.44. The van der Waals surface area contributed by atoms with Crippen LogP contribution in [0.1, 0.15) is 27.0 Å². The first-order valence-electron chi connectivity index (χ1n) is 8.15. The lowest BCUT2D eigenvalue weighted by atomic mass is 10.1. The number of nitrogens with zero attached hydrogens (tertiary/aromatic N) is 1. The van der Waals surface area contributed by atoms with Crippen molar-refractivity contribution in [1.29, 1.82) is 0 Å². The first-order valence-corrected chi connectivity index (χ1v) is 9.14. The summed E-state index contributed by atoms with van der Waals surface area (Å²) in [6.07, 6.45) is 0. The number of nitrogens with one attached hydrogen (secondary N) is 1. The standard InChI is InChI=1S/C20H24N2O2S/c1-14-5-6-15(2)18(11-14)25-13-19(23)22(4)12-16-7-9-17(10-8-16)20(24)21-3/h5-11H,12-13H2,1-4H3,(H,21,24). The molecule has 2 amide bonds. The van der Waals surface area contributed by atoms with Gasteiger partial charge in [0.25, 0.3) is 5.91 Å². The zero-order valence-electron chi connectivity index (χ0n) is 15.1. The summed E-state index contributed by atoms with van der Waals surface area (Å²) in [7, 11) is 3.41. The molecule has 0 bridgehead atoms. The highest BCUT2D eigenvalue weighted by Gasteiger charge is 2.11. The molecule has 0 saturated heterocycles. The number of aryl methyl sites for hydroxylation is 2. The molecule has 2 aromatic rings. The number of rotatable bonds is 6. The Hall–Kier alpha value is -2.27. The summed E-state index contributed by atoms with van der Waals surface area (Å²) in [6, 6.07) is 13.6. The lowest BCUT2D eigenvalue weighted by molar-refractivity contribution is -0.127. The second-order valence-corrected chi connectivity index (χ2v) is 7.10. The van der Waals surface area contributed by atoms with Gasteiger partial charge in [-0.1, -0.05) is 29.8 Å². The third-order valence-electron chi connectivity index (χ3n) is 3.98. The van der Waals surface area contributed by atoms with Crippen LogP contribution in [-0.2, 0) is 11.3 Å². The lowest BCUT2D eigenvalue weighted by Gasteiger charge is -2.17. The van der Waals surface area contributed by atoms with Crippen molar-refractivity contribution in [3.05, 3.63) is 64.7 Å². The molecule has 0 fully saturated rings. The van der Waals surface area contributed by atoms with Gasteiger partial charge in [-0.2, -0.15) is 0 Å². The molecule has 5 heteroatoms. The van der Waals surface area contributed by atoms with Gasteiger partial charge in [0, 0.05) is 31.1 Å². The maximum atomic E-state index is 12.4. The van der Waals surface area contributed by atoms with Crippen LogP contribution in [0.3, 0.4) is 0 Å². The molecule has 4 nitrogen and oxygen atoms in total. The molecule has 25 heavy (non-hydrogen) atoms. The predicted molar refractivity (Wildman–Crippen MR) is 103 cm³/mol. The summed E-state index contributed by atoms with van der Waals surface area (Å²) in [6.45, 7) is 4.64. The van der Waals surface area contributed by atoms with E-state index in [4.69, 9.17) is 0 Å². The van der Waals surface area contributed by atoms with Crippen molar-refractivity contribution >= 4 is 23.6 Å². The molecule has 0 aromatic heterocycles. The molecule has 2 rings (SSSR count). The van der Waals surface area contributed by atoms with E-state index in [1.54, 1.807) is 42.9 Å². The SMILES string of the molecule is CNC(=O)c1ccc(CN(C)C(=O)CSc2cc(C)ccc2C)cc1. The smallest absolute Gasteiger partial charge is 0.251 e. The molecule has 132 valence electrons. The van der Waals surface area contributed by atoms with Crippen LogP contribution in [0.5, 0.6) is 0 Å². The molecule has 0 unspecified atom stereocenters. The van der Waals surface area contributed by atoms with Crippen LogP contribution in [0, 0.1) is 13.8 Å². The quantitative estimate of drug-likeness (QED) is 0.807. The Morgan fingerprint density at radius 1 is 1.08 bits per heavy atom. The van der Waals surface area contributed by atoms with Crippen LogP contribution in [0.25, 0.3) is 0 Å². The van der Waals surface area contributed by atoms with E-state index >= 15 is 0 Å². The van der Waals surface area contributed by atoms with E-state index in [0.717, 1.165) is 10.5 Å². The van der Waals surface area contributed by atoms with Gasteiger partial charge in [0.2, 0.25) is 5.91 Å². The van der Waals surface area contributed by atoms with Gasteiger partial charge in [-0.15, -0.1) is 11.8 Å². The third-order valence-corrected chi connectivity index (χ3v) is 5.13. The fraction of sp³-hybridized carbons (Fsp3) is 0.300. The Balaban J connectivity index is 1.91. The summed E-state index contributed by atoms with van der Waals surface area (Å²) in [5.41, 5.74) is 4.01. The Morgan fingerprint density at radius 3 is 2.40 bits per heavy atom. The summed E-state index contributed by atoms with van der Waals surface area (Å²) in [5.74, 6) is 0.388. The highest BCUT2D eigenvalue weighted by Crippen LogP contribution is 2.23. The van der Waals surface area contributed by atoms with Gasteiger partial charge >= 0.3 is 0 Å². The van der Waals surface area contributed by atoms with E-state index in [-0.39, 0.29) is 11.8 Å². The summed E-state index contributed by atoms with van der Waals surface area (Å²) in [4.78, 5) is 26.8. The minimum Gasteiger partial charge on any atom is -0.355 e. The molecule has 0 aliphatic rings. The van der Waals surface area contributed by atoms with E-state index in [1.807, 2.05) is 12.1 Å². The van der Waals surface area contributed by atoms with Gasteiger partial charge in [0.15, 0.2) is 0 Å². The van der Waals surface area contributed by atoms with Crippen molar-refractivity contribution in [1.82, 2.24) is 10.2 Å². The van der Waals surface area contributed by atoms with Gasteiger partial charge < -0.3 is 10.2 Å². The molecule has 0 atom stereocenters. The number of carbonyl (C=O) groups is 2. The van der Waals surface area contributed by atoms with Crippen molar-refractivity contribution in [2.75, 3.05) is 19.8 Å². The van der Waals surface area contributed by atoms with E-state index in [9.17, 15) is 9.59 Å². The molecule has 0 saturated carbocycles. The number of benzene rings is 2. The number of amides is 2. The number of carbonyl (C=O) groups excluding carboxylic acids is 2. The molecule has 2 aromatic carbocycles. The third kappa shape index (κ3) is 5.36. The first-order chi connectivity index (χ1) is 11.9. The Morgan fingerprint density at radius 2 is 1.76 bits per heavy atom. The van der Waals surface area contributed by atoms with E-state index in [1.165, 1.54) is 11.1 Å². The molecule has 0 spiro atoms. The van der Waals surface area contributed by atoms with Gasteiger partial charge in [-0.3, -0.25) is 9.59 Å². The second kappa shape index (κ2) is 8.72. The van der Waals surface area contributed by atoms with E-state index in [2.05, 4.69) is 37.4 Å². The number of hydrogen-bond acceptors (Lipinski definition) is 3. The zero-order valence-corrected chi connectivity index (χ0v) is 15.9. The Labute approximate surface area is 153 Å². The minimum absolute atomic E-state index is 0.0845. The predicted octanol–water partition coefficient (Wildman–Crippen LogP) is 3.41. The van der Waals surface area contributed by atoms with Crippen LogP contribution >= 0.6 is 11.8 Å². The monoisotopic (exact) mass is 356 g/mol. The molecular formula is C20H24N2O2S. The van der Waals surface area contributed by atoms with Crippen molar-refractivity contribution in [3.8, 4) is 0 Å². The first kappa shape index (κ1) is 19.1. The van der Waals surface area contributed by atoms with Crippen molar-refractivity contribution in [2.24, 2.45) is 0 Å². The van der Waals surface area contributed by atoms with Crippen LogP contribution in [0.15, 0.2) is 47.4 Å². The highest BCUT2D eigenvalue weighted by molar-refractivity contribution is 8.00. The minimum atomic E-state index is -0.110. The molecule has 0 radical (unpaired) electrons. The largest absolute Gasteiger partial charge is 0.355 e. The average Bonchev–Trinajstić information content (AvgIpc) is 2.62. The number of thioether (sulfide) groups is 1. The number of hydrogen-bond donors (Lipinski definition) is 1. The van der Waals surface area contributed by atoms with Crippen LogP contribution in [0.4, 0.5) is 0 Å². The van der Waals surface area contributed by atoms with Crippen molar-refractivity contribution in [3.63, 3.8) is 0 Å². The van der Waals surface area contributed by atoms with Crippen LogP contribution in [0.2, 0.25) is 0 Å². The fourth-order valence-electron chi connectivity index (χ4n) is 2.38. The molecule has 0 heterocycles. The second-order valence-electron chi connectivity index (χ2n) is 6.08. The lowest BCUT2D eigenvalue weighted by Crippen LogP contribution is -2.27. The van der Waals surface area contributed by atoms with E-state index in [0.29, 0.717) is 17.9 Å². The topological polar surface area (TPSA) is 49.4 Å². The Kier molecular flexibility index (Phi) is 6.65. The molecule has 0 aliphatic carbocycles. The summed E-state index contributed by atoms with van der Waals surface area (Å²) >= 11 is 1.57. The maximum Gasteiger partial charge on any atom is 0.251 e. The highest BCUT2D eigenvalue weighted by atomic mass is 32.2. The normalized spacial score (nSPS) is 10.4. The summed E-state index contributed by atoms with van der Waals surface area (Å²) < 4.78 is 0. The van der Waals surface area contributed by atoms with E-state index < -0.39 is 0 Å². The van der Waals surface area contributed by atoms with Crippen LogP contribution in [-0.4, -0.2) is 36.6 Å². The summed E-state index contributed by atoms with van der Waals surface area (Å²) in [5, 5.41) is 2.59. The van der Waals surface area contributed by atoms with Gasteiger partial charge in [-0.05, 0) is 43.2 Å². The van der Waals surface area contributed by atoms with Gasteiger partial charge in [0.1, 0.15) is 0 Å². The molecule has 1 N–H and O–H groups in total. The Bertz CT molecular complexity index is 757. The average molecular weight is 356 g/mol. The maximum absolute atomic E-state index is 12.4. The van der Waals surface area contributed by atoms with Gasteiger partial charge in [0.05, 0.1) is 5.75 Å². The molecular weight excluding hydrogens is 332 g/mol. The van der Waals surface area contributed by atoms with Crippen LogP contribution < -0.4 is 5.32 Å². The van der Waals surface area contributed by atoms with Crippen molar-refractivity contribution < 1.29 is 9.59 Å². The van der Waals surface area contributed by atoms with Crippen molar-refractivity contribution in [2.45, 2.75) is 25.3 Å². The molecule has 0 aliphatic heterocycles. The zero-order chi connectivity index (χ0) is 18.4.